The smallest absolute Gasteiger partial charge is 0.303 e. The van der Waals surface area contributed by atoms with E-state index in [-0.39, 0.29) is 19.8 Å². The lowest BCUT2D eigenvalue weighted by Crippen LogP contribution is -2.57. The Morgan fingerprint density at radius 1 is 0.882 bits per heavy atom. The number of carbonyl (C=O) groups excluding carboxylic acids is 2. The van der Waals surface area contributed by atoms with Gasteiger partial charge in [0, 0.05) is 24.7 Å². The summed E-state index contributed by atoms with van der Waals surface area (Å²) in [6.07, 6.45) is -1.89. The molecule has 3 rings (SSSR count). The van der Waals surface area contributed by atoms with Gasteiger partial charge in [0.25, 0.3) is 0 Å². The van der Waals surface area contributed by atoms with Crippen LogP contribution in [0.15, 0.2) is 65.8 Å². The Balaban J connectivity index is 1.91. The van der Waals surface area contributed by atoms with Crippen molar-refractivity contribution in [2.24, 2.45) is 11.0 Å². The van der Waals surface area contributed by atoms with Gasteiger partial charge in [0.05, 0.1) is 32.0 Å². The van der Waals surface area contributed by atoms with Gasteiger partial charge >= 0.3 is 11.9 Å². The van der Waals surface area contributed by atoms with Crippen molar-refractivity contribution < 1.29 is 28.5 Å². The van der Waals surface area contributed by atoms with Gasteiger partial charge in [-0.05, 0) is 23.1 Å². The van der Waals surface area contributed by atoms with Crippen LogP contribution in [0.1, 0.15) is 31.4 Å². The van der Waals surface area contributed by atoms with Gasteiger partial charge in [0.15, 0.2) is 0 Å². The summed E-state index contributed by atoms with van der Waals surface area (Å²) in [4.78, 5) is 26.5. The molecule has 0 bridgehead atoms. The molecule has 0 saturated heterocycles. The van der Waals surface area contributed by atoms with E-state index in [2.05, 4.69) is 10.0 Å². The van der Waals surface area contributed by atoms with Crippen LogP contribution in [0.3, 0.4) is 0 Å². The summed E-state index contributed by atoms with van der Waals surface area (Å²) in [5.74, 6) is -1.37. The normalized spacial score (nSPS) is 24.0. The number of esters is 2. The summed E-state index contributed by atoms with van der Waals surface area (Å²) in [6, 6.07) is 18.5. The topological polar surface area (TPSA) is 120 Å². The van der Waals surface area contributed by atoms with Crippen molar-refractivity contribution in [1.29, 1.82) is 0 Å². The van der Waals surface area contributed by atoms with Crippen molar-refractivity contribution >= 4 is 11.9 Å². The van der Waals surface area contributed by atoms with Gasteiger partial charge in [0.2, 0.25) is 0 Å². The maximum atomic E-state index is 12.0. The second kappa shape index (κ2) is 12.7. The van der Waals surface area contributed by atoms with Gasteiger partial charge < -0.3 is 18.9 Å². The number of hydrogen-bond donors (Lipinski definition) is 0. The fourth-order valence-corrected chi connectivity index (χ4v) is 4.10. The predicted molar refractivity (Wildman–Crippen MR) is 123 cm³/mol. The van der Waals surface area contributed by atoms with E-state index in [9.17, 15) is 15.1 Å². The lowest BCUT2D eigenvalue weighted by atomic mass is 9.79. The summed E-state index contributed by atoms with van der Waals surface area (Å²) < 4.78 is 23.4. The average molecular weight is 468 g/mol. The Morgan fingerprint density at radius 2 is 1.44 bits per heavy atom. The van der Waals surface area contributed by atoms with Crippen LogP contribution in [0.25, 0.3) is 10.4 Å². The van der Waals surface area contributed by atoms with Gasteiger partial charge in [-0.15, -0.1) is 0 Å². The second-order valence-electron chi connectivity index (χ2n) is 8.17. The molecule has 0 heterocycles. The number of rotatable bonds is 10. The maximum absolute atomic E-state index is 12.0. The Kier molecular flexibility index (Phi) is 9.46. The van der Waals surface area contributed by atoms with Crippen molar-refractivity contribution in [3.05, 3.63) is 82.2 Å². The summed E-state index contributed by atoms with van der Waals surface area (Å²) in [6.45, 7) is 3.12. The Hall–Kier alpha value is -3.39. The number of nitrogens with zero attached hydrogens (tertiary/aromatic N) is 3. The lowest BCUT2D eigenvalue weighted by Gasteiger charge is -2.44. The molecule has 1 fully saturated rings. The fourth-order valence-electron chi connectivity index (χ4n) is 4.10. The highest BCUT2D eigenvalue weighted by Gasteiger charge is 2.48. The van der Waals surface area contributed by atoms with Crippen LogP contribution < -0.4 is 0 Å². The molecule has 0 aromatic heterocycles. The van der Waals surface area contributed by atoms with Gasteiger partial charge in [-0.3, -0.25) is 9.59 Å². The third-order valence-corrected chi connectivity index (χ3v) is 5.61. The molecular formula is C25H29N3O6. The summed E-state index contributed by atoms with van der Waals surface area (Å²) in [5.41, 5.74) is 11.1. The molecule has 0 aliphatic heterocycles. The molecule has 0 N–H and O–H groups in total. The minimum atomic E-state index is -0.758. The number of hydrogen-bond acceptors (Lipinski definition) is 7. The Labute approximate surface area is 198 Å². The van der Waals surface area contributed by atoms with Gasteiger partial charge in [-0.1, -0.05) is 65.8 Å². The highest BCUT2D eigenvalue weighted by atomic mass is 16.6. The van der Waals surface area contributed by atoms with Crippen molar-refractivity contribution in [3.63, 3.8) is 0 Å². The molecule has 9 heteroatoms. The van der Waals surface area contributed by atoms with E-state index in [1.165, 1.54) is 13.8 Å². The molecule has 9 nitrogen and oxygen atoms in total. The van der Waals surface area contributed by atoms with E-state index in [4.69, 9.17) is 18.9 Å². The SMILES string of the molecule is CC(=O)OC[C@H]1C[C@H](N=[N+]=[N-])[C@H](OCc2ccccc2)[C@@H](OCc2ccccc2)[C@H]1OC(C)=O. The van der Waals surface area contributed by atoms with Crippen LogP contribution >= 0.6 is 0 Å². The lowest BCUT2D eigenvalue weighted by molar-refractivity contribution is -0.200. The first-order valence-electron chi connectivity index (χ1n) is 11.1. The molecule has 0 unspecified atom stereocenters. The molecule has 34 heavy (non-hydrogen) atoms. The van der Waals surface area contributed by atoms with Crippen LogP contribution in [0.2, 0.25) is 0 Å². The van der Waals surface area contributed by atoms with Crippen LogP contribution in [0.5, 0.6) is 0 Å². The Bertz CT molecular complexity index is 981. The molecule has 0 amide bonds. The molecule has 1 saturated carbocycles. The van der Waals surface area contributed by atoms with Crippen molar-refractivity contribution in [2.75, 3.05) is 6.61 Å². The van der Waals surface area contributed by atoms with Gasteiger partial charge in [0.1, 0.15) is 12.2 Å². The van der Waals surface area contributed by atoms with E-state index < -0.39 is 42.2 Å². The van der Waals surface area contributed by atoms with Crippen LogP contribution in [0, 0.1) is 5.92 Å². The van der Waals surface area contributed by atoms with E-state index in [0.29, 0.717) is 6.42 Å². The second-order valence-corrected chi connectivity index (χ2v) is 8.17. The Morgan fingerprint density at radius 3 is 1.94 bits per heavy atom. The molecule has 2 aromatic carbocycles. The molecule has 5 atom stereocenters. The summed E-state index contributed by atoms with van der Waals surface area (Å²) in [5, 5.41) is 3.97. The monoisotopic (exact) mass is 467 g/mol. The van der Waals surface area contributed by atoms with E-state index in [0.717, 1.165) is 11.1 Å². The highest BCUT2D eigenvalue weighted by Crippen LogP contribution is 2.35. The van der Waals surface area contributed by atoms with Crippen molar-refractivity contribution in [3.8, 4) is 0 Å². The third-order valence-electron chi connectivity index (χ3n) is 5.61. The maximum Gasteiger partial charge on any atom is 0.303 e. The summed E-state index contributed by atoms with van der Waals surface area (Å²) >= 11 is 0. The highest BCUT2D eigenvalue weighted by molar-refractivity contribution is 5.66. The minimum Gasteiger partial charge on any atom is -0.465 e. The number of benzene rings is 2. The zero-order chi connectivity index (χ0) is 24.3. The first kappa shape index (κ1) is 25.2. The fraction of sp³-hybridized carbons (Fsp3) is 0.440. The summed E-state index contributed by atoms with van der Waals surface area (Å²) in [7, 11) is 0. The molecular weight excluding hydrogens is 438 g/mol. The van der Waals surface area contributed by atoms with Crippen molar-refractivity contribution in [2.45, 2.75) is 57.8 Å². The molecule has 180 valence electrons. The molecule has 2 aromatic rings. The molecule has 1 aliphatic carbocycles. The standard InChI is InChI=1S/C25H29N3O6/c1-17(29)31-16-21-13-22(27-28-26)24(32-14-19-9-5-3-6-10-19)25(23(21)34-18(2)30)33-15-20-11-7-4-8-12-20/h3-12,21-25H,13-16H2,1-2H3/t21-,22+,23+,24+,25+/m1/s1. The zero-order valence-electron chi connectivity index (χ0n) is 19.3. The van der Waals surface area contributed by atoms with Gasteiger partial charge in [-0.25, -0.2) is 0 Å². The van der Waals surface area contributed by atoms with Crippen molar-refractivity contribution in [1.82, 2.24) is 0 Å². The predicted octanol–water partition coefficient (Wildman–Crippen LogP) is 4.35. The largest absolute Gasteiger partial charge is 0.465 e. The first-order chi connectivity index (χ1) is 16.5. The average Bonchev–Trinajstić information content (AvgIpc) is 2.83. The minimum absolute atomic E-state index is 0.00132. The third kappa shape index (κ3) is 7.31. The zero-order valence-corrected chi connectivity index (χ0v) is 19.3. The first-order valence-corrected chi connectivity index (χ1v) is 11.1. The number of carbonyl (C=O) groups is 2. The van der Waals surface area contributed by atoms with E-state index in [1.54, 1.807) is 0 Å². The van der Waals surface area contributed by atoms with E-state index in [1.807, 2.05) is 60.7 Å². The molecule has 1 aliphatic rings. The number of ether oxygens (including phenoxy) is 4. The van der Waals surface area contributed by atoms with Gasteiger partial charge in [-0.2, -0.15) is 0 Å². The number of azide groups is 1. The quantitative estimate of drug-likeness (QED) is 0.222. The van der Waals surface area contributed by atoms with Crippen LogP contribution in [-0.4, -0.2) is 42.9 Å². The van der Waals surface area contributed by atoms with E-state index >= 15 is 0 Å². The van der Waals surface area contributed by atoms with Crippen LogP contribution in [-0.2, 0) is 41.8 Å². The molecule has 0 radical (unpaired) electrons. The van der Waals surface area contributed by atoms with Crippen LogP contribution in [0.4, 0.5) is 0 Å². The molecule has 0 spiro atoms.